The molecule has 0 aliphatic carbocycles. The molecule has 6 nitrogen and oxygen atoms in total. The maximum Gasteiger partial charge on any atom is 0.251 e. The molecule has 0 fully saturated rings. The maximum atomic E-state index is 13.0. The number of nitrogens with one attached hydrogen (secondary N) is 2. The second-order valence-electron chi connectivity index (χ2n) is 7.61. The zero-order valence-electron chi connectivity index (χ0n) is 18.1. The average Bonchev–Trinajstić information content (AvgIpc) is 3.31. The van der Waals surface area contributed by atoms with Crippen LogP contribution < -0.4 is 10.6 Å². The van der Waals surface area contributed by atoms with Crippen molar-refractivity contribution in [2.45, 2.75) is 39.5 Å². The Hall–Kier alpha value is -3.09. The largest absolute Gasteiger partial charge is 0.467 e. The Bertz CT molecular complexity index is 1020. The van der Waals surface area contributed by atoms with Crippen LogP contribution >= 0.6 is 11.6 Å². The van der Waals surface area contributed by atoms with Gasteiger partial charge in [-0.05, 0) is 60.0 Å². The van der Waals surface area contributed by atoms with Crippen LogP contribution in [0.1, 0.15) is 41.9 Å². The summed E-state index contributed by atoms with van der Waals surface area (Å²) in [6.45, 7) is 4.67. The second-order valence-corrected chi connectivity index (χ2v) is 8.04. The lowest BCUT2D eigenvalue weighted by Gasteiger charge is -2.23. The smallest absolute Gasteiger partial charge is 0.251 e. The lowest BCUT2D eigenvalue weighted by atomic mass is 9.97. The van der Waals surface area contributed by atoms with Crippen molar-refractivity contribution in [3.8, 4) is 0 Å². The molecule has 2 unspecified atom stereocenters. The average molecular weight is 455 g/mol. The molecule has 2 atom stereocenters. The molecule has 32 heavy (non-hydrogen) atoms. The molecule has 0 saturated carbocycles. The molecular formula is C25H27ClN2O4. The number of hydrogen-bond acceptors (Lipinski definition) is 4. The first kappa shape index (κ1) is 23.6. The quantitative estimate of drug-likeness (QED) is 0.428. The third-order valence-corrected chi connectivity index (χ3v) is 5.43. The predicted octanol–water partition coefficient (Wildman–Crippen LogP) is 5.43. The number of anilines is 1. The third kappa shape index (κ3) is 6.70. The zero-order chi connectivity index (χ0) is 22.9. The fourth-order valence-electron chi connectivity index (χ4n) is 3.15. The Balaban J connectivity index is 1.62. The highest BCUT2D eigenvalue weighted by Crippen LogP contribution is 2.17. The van der Waals surface area contributed by atoms with Gasteiger partial charge in [0.05, 0.1) is 12.9 Å². The summed E-state index contributed by atoms with van der Waals surface area (Å²) < 4.78 is 10.9. The van der Waals surface area contributed by atoms with Crippen LogP contribution in [0, 0.1) is 5.92 Å². The number of furan rings is 1. The minimum Gasteiger partial charge on any atom is -0.467 e. The lowest BCUT2D eigenvalue weighted by molar-refractivity contribution is -0.119. The Labute approximate surface area is 192 Å². The zero-order valence-corrected chi connectivity index (χ0v) is 18.9. The molecule has 7 heteroatoms. The number of benzene rings is 2. The van der Waals surface area contributed by atoms with Gasteiger partial charge in [-0.3, -0.25) is 9.59 Å². The number of hydrogen-bond donors (Lipinski definition) is 2. The molecule has 0 radical (unpaired) electrons. The van der Waals surface area contributed by atoms with Crippen molar-refractivity contribution in [2.75, 3.05) is 5.32 Å². The molecule has 168 valence electrons. The SMILES string of the molecule is CCC(C)C(NC(=O)c1ccc(Cl)cc1)C(=O)Nc1cccc(COCc2ccco2)c1. The highest BCUT2D eigenvalue weighted by molar-refractivity contribution is 6.30. The number of carbonyl (C=O) groups is 2. The monoisotopic (exact) mass is 454 g/mol. The molecule has 1 aromatic heterocycles. The molecule has 0 saturated heterocycles. The normalized spacial score (nSPS) is 12.7. The van der Waals surface area contributed by atoms with Gasteiger partial charge in [0.15, 0.2) is 0 Å². The van der Waals surface area contributed by atoms with Crippen LogP contribution in [0.5, 0.6) is 0 Å². The number of carbonyl (C=O) groups excluding carboxylic acids is 2. The summed E-state index contributed by atoms with van der Waals surface area (Å²) in [5.74, 6) is 0.117. The van der Waals surface area contributed by atoms with E-state index in [9.17, 15) is 9.59 Å². The van der Waals surface area contributed by atoms with E-state index < -0.39 is 6.04 Å². The standard InChI is InChI=1S/C25H27ClN2O4/c1-3-17(2)23(28-24(29)19-9-11-20(26)12-10-19)25(30)27-21-7-4-6-18(14-21)15-31-16-22-8-5-13-32-22/h4-14,17,23H,3,15-16H2,1-2H3,(H,27,30)(H,28,29). The molecule has 0 bridgehead atoms. The van der Waals surface area contributed by atoms with Gasteiger partial charge in [0.25, 0.3) is 5.91 Å². The maximum absolute atomic E-state index is 13.0. The summed E-state index contributed by atoms with van der Waals surface area (Å²) >= 11 is 5.90. The van der Waals surface area contributed by atoms with Crippen LogP contribution in [-0.4, -0.2) is 17.9 Å². The van der Waals surface area contributed by atoms with Crippen molar-refractivity contribution in [1.29, 1.82) is 0 Å². The molecule has 0 aliphatic heterocycles. The Morgan fingerprint density at radius 1 is 1.06 bits per heavy atom. The van der Waals surface area contributed by atoms with Gasteiger partial charge in [0, 0.05) is 16.3 Å². The van der Waals surface area contributed by atoms with Crippen molar-refractivity contribution in [1.82, 2.24) is 5.32 Å². The fraction of sp³-hybridized carbons (Fsp3) is 0.280. The number of rotatable bonds is 10. The van der Waals surface area contributed by atoms with E-state index in [0.717, 1.165) is 17.7 Å². The predicted molar refractivity (Wildman–Crippen MR) is 124 cm³/mol. The van der Waals surface area contributed by atoms with Gasteiger partial charge in [-0.2, -0.15) is 0 Å². The first-order valence-electron chi connectivity index (χ1n) is 10.5. The highest BCUT2D eigenvalue weighted by Gasteiger charge is 2.26. The topological polar surface area (TPSA) is 80.6 Å². The van der Waals surface area contributed by atoms with Crippen LogP contribution in [0.3, 0.4) is 0 Å². The van der Waals surface area contributed by atoms with Gasteiger partial charge in [-0.15, -0.1) is 0 Å². The number of halogens is 1. The Kier molecular flexibility index (Phi) is 8.48. The summed E-state index contributed by atoms with van der Waals surface area (Å²) in [6.07, 6.45) is 2.34. The molecule has 2 N–H and O–H groups in total. The first-order valence-corrected chi connectivity index (χ1v) is 10.9. The van der Waals surface area contributed by atoms with Gasteiger partial charge < -0.3 is 19.8 Å². The number of ether oxygens (including phenoxy) is 1. The van der Waals surface area contributed by atoms with E-state index in [1.54, 1.807) is 30.5 Å². The van der Waals surface area contributed by atoms with E-state index in [0.29, 0.717) is 29.5 Å². The minimum atomic E-state index is -0.679. The molecule has 1 heterocycles. The molecule has 3 rings (SSSR count). The summed E-state index contributed by atoms with van der Waals surface area (Å²) in [7, 11) is 0. The first-order chi connectivity index (χ1) is 15.5. The Morgan fingerprint density at radius 2 is 1.84 bits per heavy atom. The van der Waals surface area contributed by atoms with Gasteiger partial charge in [0.1, 0.15) is 18.4 Å². The number of amides is 2. The van der Waals surface area contributed by atoms with E-state index in [4.69, 9.17) is 20.8 Å². The highest BCUT2D eigenvalue weighted by atomic mass is 35.5. The van der Waals surface area contributed by atoms with Gasteiger partial charge in [0.2, 0.25) is 5.91 Å². The van der Waals surface area contributed by atoms with Gasteiger partial charge >= 0.3 is 0 Å². The molecule has 2 aromatic carbocycles. The van der Waals surface area contributed by atoms with Crippen LogP contribution in [0.2, 0.25) is 5.02 Å². The van der Waals surface area contributed by atoms with E-state index in [1.165, 1.54) is 0 Å². The van der Waals surface area contributed by atoms with Crippen LogP contribution in [0.4, 0.5) is 5.69 Å². The fourth-order valence-corrected chi connectivity index (χ4v) is 3.28. The van der Waals surface area contributed by atoms with Crippen molar-refractivity contribution < 1.29 is 18.7 Å². The van der Waals surface area contributed by atoms with Gasteiger partial charge in [-0.1, -0.05) is 44.0 Å². The summed E-state index contributed by atoms with van der Waals surface area (Å²) in [5.41, 5.74) is 2.01. The van der Waals surface area contributed by atoms with Crippen molar-refractivity contribution in [2.24, 2.45) is 5.92 Å². The Morgan fingerprint density at radius 3 is 2.53 bits per heavy atom. The summed E-state index contributed by atoms with van der Waals surface area (Å²) in [6, 6.07) is 17.0. The lowest BCUT2D eigenvalue weighted by Crippen LogP contribution is -2.47. The summed E-state index contributed by atoms with van der Waals surface area (Å²) in [4.78, 5) is 25.7. The van der Waals surface area contributed by atoms with Crippen molar-refractivity contribution >= 4 is 29.1 Å². The van der Waals surface area contributed by atoms with Crippen LogP contribution in [0.15, 0.2) is 71.3 Å². The molecular weight excluding hydrogens is 428 g/mol. The summed E-state index contributed by atoms with van der Waals surface area (Å²) in [5, 5.41) is 6.32. The minimum absolute atomic E-state index is 0.0499. The van der Waals surface area contributed by atoms with Gasteiger partial charge in [-0.25, -0.2) is 0 Å². The van der Waals surface area contributed by atoms with Crippen molar-refractivity contribution in [3.63, 3.8) is 0 Å². The molecule has 3 aromatic rings. The molecule has 0 spiro atoms. The second kappa shape index (κ2) is 11.5. The molecule has 2 amide bonds. The van der Waals surface area contributed by atoms with E-state index in [-0.39, 0.29) is 17.7 Å². The van der Waals surface area contributed by atoms with Crippen LogP contribution in [0.25, 0.3) is 0 Å². The van der Waals surface area contributed by atoms with Crippen molar-refractivity contribution in [3.05, 3.63) is 88.8 Å². The van der Waals surface area contributed by atoms with Crippen LogP contribution in [-0.2, 0) is 22.7 Å². The molecule has 0 aliphatic rings. The third-order valence-electron chi connectivity index (χ3n) is 5.18. The van der Waals surface area contributed by atoms with E-state index in [2.05, 4.69) is 10.6 Å². The van der Waals surface area contributed by atoms with E-state index in [1.807, 2.05) is 50.2 Å². The van der Waals surface area contributed by atoms with E-state index >= 15 is 0 Å².